The second-order valence-corrected chi connectivity index (χ2v) is 5.65. The summed E-state index contributed by atoms with van der Waals surface area (Å²) in [6, 6.07) is 6.04. The van der Waals surface area contributed by atoms with Gasteiger partial charge in [0.1, 0.15) is 5.75 Å². The van der Waals surface area contributed by atoms with Gasteiger partial charge in [0.15, 0.2) is 0 Å². The quantitative estimate of drug-likeness (QED) is 0.898. The summed E-state index contributed by atoms with van der Waals surface area (Å²) in [5.41, 5.74) is 13.5. The van der Waals surface area contributed by atoms with Crippen molar-refractivity contribution in [1.82, 2.24) is 0 Å². The van der Waals surface area contributed by atoms with Gasteiger partial charge in [-0.1, -0.05) is 12.5 Å². The third-order valence-electron chi connectivity index (χ3n) is 3.95. The molecular formula is C13H19BrN2O. The Morgan fingerprint density at radius 2 is 2.18 bits per heavy atom. The predicted molar refractivity (Wildman–Crippen MR) is 73.0 cm³/mol. The van der Waals surface area contributed by atoms with Gasteiger partial charge in [0, 0.05) is 11.5 Å². The molecule has 2 rings (SSSR count). The number of nitrogens with two attached hydrogens (primary N) is 2. The van der Waals surface area contributed by atoms with Gasteiger partial charge in [0.05, 0.1) is 11.6 Å². The summed E-state index contributed by atoms with van der Waals surface area (Å²) in [5.74, 6) is 0.830. The second-order valence-electron chi connectivity index (χ2n) is 4.79. The lowest BCUT2D eigenvalue weighted by Crippen LogP contribution is -2.46. The summed E-state index contributed by atoms with van der Waals surface area (Å²) in [4.78, 5) is 0. The van der Waals surface area contributed by atoms with Crippen molar-refractivity contribution >= 4 is 15.9 Å². The monoisotopic (exact) mass is 298 g/mol. The largest absolute Gasteiger partial charge is 0.496 e. The van der Waals surface area contributed by atoms with Crippen LogP contribution in [0, 0.1) is 5.41 Å². The summed E-state index contributed by atoms with van der Waals surface area (Å²) >= 11 is 3.49. The van der Waals surface area contributed by atoms with E-state index in [-0.39, 0.29) is 11.5 Å². The number of methoxy groups -OCH3 is 1. The molecule has 1 aliphatic rings. The van der Waals surface area contributed by atoms with E-state index in [2.05, 4.69) is 15.9 Å². The van der Waals surface area contributed by atoms with Crippen molar-refractivity contribution in [1.29, 1.82) is 0 Å². The molecule has 0 aliphatic heterocycles. The molecule has 0 bridgehead atoms. The lowest BCUT2D eigenvalue weighted by molar-refractivity contribution is 0.104. The van der Waals surface area contributed by atoms with Gasteiger partial charge in [0.25, 0.3) is 0 Å². The molecule has 0 aromatic heterocycles. The minimum absolute atomic E-state index is 0.0171. The molecule has 0 amide bonds. The van der Waals surface area contributed by atoms with Crippen LogP contribution in [0.4, 0.5) is 0 Å². The SMILES string of the molecule is COc1ccc(C(N)C2(CN)CCC2)cc1Br. The van der Waals surface area contributed by atoms with E-state index in [1.807, 2.05) is 18.2 Å². The summed E-state index contributed by atoms with van der Waals surface area (Å²) < 4.78 is 6.16. The molecule has 17 heavy (non-hydrogen) atoms. The van der Waals surface area contributed by atoms with Crippen molar-refractivity contribution in [2.45, 2.75) is 25.3 Å². The molecule has 94 valence electrons. The van der Waals surface area contributed by atoms with Gasteiger partial charge >= 0.3 is 0 Å². The first kappa shape index (κ1) is 12.9. The Morgan fingerprint density at radius 1 is 1.47 bits per heavy atom. The maximum Gasteiger partial charge on any atom is 0.133 e. The molecule has 0 radical (unpaired) electrons. The summed E-state index contributed by atoms with van der Waals surface area (Å²) in [7, 11) is 1.66. The van der Waals surface area contributed by atoms with Crippen LogP contribution in [0.3, 0.4) is 0 Å². The van der Waals surface area contributed by atoms with Crippen LogP contribution in [0.25, 0.3) is 0 Å². The molecule has 1 aromatic carbocycles. The molecule has 4 heteroatoms. The van der Waals surface area contributed by atoms with Crippen LogP contribution in [-0.2, 0) is 0 Å². The first-order valence-corrected chi connectivity index (χ1v) is 6.71. The number of halogens is 1. The molecule has 0 heterocycles. The Morgan fingerprint density at radius 3 is 2.59 bits per heavy atom. The average Bonchev–Trinajstić information content (AvgIpc) is 2.28. The minimum atomic E-state index is 0.0171. The highest BCUT2D eigenvalue weighted by atomic mass is 79.9. The van der Waals surface area contributed by atoms with Gasteiger partial charge in [-0.15, -0.1) is 0 Å². The van der Waals surface area contributed by atoms with Crippen molar-refractivity contribution in [2.75, 3.05) is 13.7 Å². The molecule has 1 saturated carbocycles. The highest BCUT2D eigenvalue weighted by Gasteiger charge is 2.41. The fourth-order valence-corrected chi connectivity index (χ4v) is 3.06. The fraction of sp³-hybridized carbons (Fsp3) is 0.538. The number of benzene rings is 1. The molecular weight excluding hydrogens is 280 g/mol. The van der Waals surface area contributed by atoms with Gasteiger partial charge in [-0.25, -0.2) is 0 Å². The van der Waals surface area contributed by atoms with Crippen LogP contribution in [0.1, 0.15) is 30.9 Å². The van der Waals surface area contributed by atoms with E-state index in [9.17, 15) is 0 Å². The lowest BCUT2D eigenvalue weighted by atomic mass is 9.63. The normalized spacial score (nSPS) is 19.5. The molecule has 1 atom stereocenters. The fourth-order valence-electron chi connectivity index (χ4n) is 2.50. The van der Waals surface area contributed by atoms with Crippen LogP contribution in [0.15, 0.2) is 22.7 Å². The lowest BCUT2D eigenvalue weighted by Gasteiger charge is -2.45. The van der Waals surface area contributed by atoms with Gasteiger partial charge in [-0.3, -0.25) is 0 Å². The van der Waals surface area contributed by atoms with E-state index in [4.69, 9.17) is 16.2 Å². The van der Waals surface area contributed by atoms with Crippen LogP contribution in [-0.4, -0.2) is 13.7 Å². The van der Waals surface area contributed by atoms with Crippen molar-refractivity contribution in [3.05, 3.63) is 28.2 Å². The Bertz CT molecular complexity index is 399. The van der Waals surface area contributed by atoms with E-state index in [0.29, 0.717) is 6.54 Å². The smallest absolute Gasteiger partial charge is 0.133 e. The Kier molecular flexibility index (Phi) is 3.76. The highest BCUT2D eigenvalue weighted by Crippen LogP contribution is 2.48. The number of ether oxygens (including phenoxy) is 1. The molecule has 0 saturated heterocycles. The summed E-state index contributed by atoms with van der Waals surface area (Å²) in [6.07, 6.45) is 3.50. The number of rotatable bonds is 4. The van der Waals surface area contributed by atoms with E-state index < -0.39 is 0 Å². The standard InChI is InChI=1S/C13H19BrN2O/c1-17-11-4-3-9(7-10(11)14)12(16)13(8-15)5-2-6-13/h3-4,7,12H,2,5-6,8,15-16H2,1H3. The molecule has 1 aromatic rings. The van der Waals surface area contributed by atoms with Crippen molar-refractivity contribution in [3.8, 4) is 5.75 Å². The summed E-state index contributed by atoms with van der Waals surface area (Å²) in [5, 5.41) is 0. The average molecular weight is 299 g/mol. The number of hydrogen-bond donors (Lipinski definition) is 2. The van der Waals surface area contributed by atoms with E-state index >= 15 is 0 Å². The zero-order valence-electron chi connectivity index (χ0n) is 10.1. The van der Waals surface area contributed by atoms with E-state index in [0.717, 1.165) is 28.6 Å². The zero-order chi connectivity index (χ0) is 12.5. The Hall–Kier alpha value is -0.580. The van der Waals surface area contributed by atoms with Gasteiger partial charge in [0.2, 0.25) is 0 Å². The third kappa shape index (κ3) is 2.21. The zero-order valence-corrected chi connectivity index (χ0v) is 11.7. The topological polar surface area (TPSA) is 61.3 Å². The first-order chi connectivity index (χ1) is 8.13. The van der Waals surface area contributed by atoms with Gasteiger partial charge in [-0.05, 0) is 53.0 Å². The van der Waals surface area contributed by atoms with Crippen LogP contribution in [0.2, 0.25) is 0 Å². The molecule has 4 N–H and O–H groups in total. The van der Waals surface area contributed by atoms with E-state index in [1.165, 1.54) is 6.42 Å². The molecule has 1 unspecified atom stereocenters. The van der Waals surface area contributed by atoms with E-state index in [1.54, 1.807) is 7.11 Å². The molecule has 1 fully saturated rings. The Balaban J connectivity index is 2.25. The first-order valence-electron chi connectivity index (χ1n) is 5.92. The predicted octanol–water partition coefficient (Wildman–Crippen LogP) is 2.59. The maximum atomic E-state index is 6.36. The van der Waals surface area contributed by atoms with Crippen LogP contribution < -0.4 is 16.2 Å². The Labute approximate surface area is 111 Å². The van der Waals surface area contributed by atoms with Crippen molar-refractivity contribution < 1.29 is 4.74 Å². The maximum absolute atomic E-state index is 6.36. The van der Waals surface area contributed by atoms with Gasteiger partial charge < -0.3 is 16.2 Å². The second kappa shape index (κ2) is 4.96. The molecule has 1 aliphatic carbocycles. The summed E-state index contributed by atoms with van der Waals surface area (Å²) in [6.45, 7) is 0.664. The number of hydrogen-bond acceptors (Lipinski definition) is 3. The highest BCUT2D eigenvalue weighted by molar-refractivity contribution is 9.10. The third-order valence-corrected chi connectivity index (χ3v) is 4.57. The van der Waals surface area contributed by atoms with Crippen LogP contribution >= 0.6 is 15.9 Å². The van der Waals surface area contributed by atoms with Crippen molar-refractivity contribution in [2.24, 2.45) is 16.9 Å². The minimum Gasteiger partial charge on any atom is -0.496 e. The molecule has 0 spiro atoms. The van der Waals surface area contributed by atoms with Crippen molar-refractivity contribution in [3.63, 3.8) is 0 Å². The van der Waals surface area contributed by atoms with Gasteiger partial charge in [-0.2, -0.15) is 0 Å². The van der Waals surface area contributed by atoms with Crippen LogP contribution in [0.5, 0.6) is 5.75 Å². The molecule has 3 nitrogen and oxygen atoms in total.